The van der Waals surface area contributed by atoms with E-state index in [0.717, 1.165) is 35.1 Å². The number of amides is 1. The van der Waals surface area contributed by atoms with Crippen molar-refractivity contribution < 1.29 is 9.32 Å². The first-order valence-corrected chi connectivity index (χ1v) is 9.28. The third-order valence-corrected chi connectivity index (χ3v) is 4.32. The van der Waals surface area contributed by atoms with E-state index in [1.54, 1.807) is 0 Å². The first-order valence-electron chi connectivity index (χ1n) is 8.48. The molecule has 5 nitrogen and oxygen atoms in total. The largest absolute Gasteiger partial charge is 0.349 e. The van der Waals surface area contributed by atoms with Crippen LogP contribution in [0.4, 0.5) is 0 Å². The number of carbonyl (C=O) groups is 1. The number of halogens is 1. The first-order chi connectivity index (χ1) is 11.6. The molecule has 1 aromatic carbocycles. The molecule has 0 bridgehead atoms. The van der Waals surface area contributed by atoms with E-state index in [0.29, 0.717) is 25.2 Å². The number of benzene rings is 1. The summed E-state index contributed by atoms with van der Waals surface area (Å²) in [6.07, 6.45) is 4.48. The van der Waals surface area contributed by atoms with E-state index >= 15 is 0 Å². The second kappa shape index (κ2) is 9.57. The molecule has 24 heavy (non-hydrogen) atoms. The van der Waals surface area contributed by atoms with Gasteiger partial charge in [0.1, 0.15) is 0 Å². The average Bonchev–Trinajstić information content (AvgIpc) is 3.01. The maximum absolute atomic E-state index is 12.2. The molecule has 1 aromatic heterocycles. The molecule has 0 saturated heterocycles. The Balaban J connectivity index is 1.77. The minimum Gasteiger partial charge on any atom is -0.349 e. The van der Waals surface area contributed by atoms with Gasteiger partial charge in [-0.2, -0.15) is 4.98 Å². The van der Waals surface area contributed by atoms with Gasteiger partial charge in [-0.3, -0.25) is 4.79 Å². The molecule has 0 aliphatic heterocycles. The van der Waals surface area contributed by atoms with E-state index in [1.165, 1.54) is 0 Å². The lowest BCUT2D eigenvalue weighted by Gasteiger charge is -2.17. The molecule has 0 fully saturated rings. The molecule has 1 amide bonds. The number of hydrogen-bond donors (Lipinski definition) is 1. The lowest BCUT2D eigenvalue weighted by molar-refractivity contribution is -0.122. The van der Waals surface area contributed by atoms with Gasteiger partial charge in [-0.25, -0.2) is 0 Å². The number of aryl methyl sites for hydroxylation is 2. The fourth-order valence-electron chi connectivity index (χ4n) is 2.50. The van der Waals surface area contributed by atoms with Gasteiger partial charge >= 0.3 is 0 Å². The Morgan fingerprint density at radius 2 is 2.00 bits per heavy atom. The highest BCUT2D eigenvalue weighted by atomic mass is 79.9. The maximum atomic E-state index is 12.2. The van der Waals surface area contributed by atoms with Crippen molar-refractivity contribution in [2.24, 2.45) is 0 Å². The predicted molar refractivity (Wildman–Crippen MR) is 96.5 cm³/mol. The Labute approximate surface area is 151 Å². The van der Waals surface area contributed by atoms with Crippen molar-refractivity contribution in [3.8, 4) is 0 Å². The smallest absolute Gasteiger partial charge is 0.226 e. The van der Waals surface area contributed by atoms with Gasteiger partial charge < -0.3 is 9.84 Å². The molecule has 2 aromatic rings. The van der Waals surface area contributed by atoms with E-state index < -0.39 is 0 Å². The Kier molecular flexibility index (Phi) is 7.43. The van der Waals surface area contributed by atoms with Crippen LogP contribution in [0.15, 0.2) is 33.3 Å². The summed E-state index contributed by atoms with van der Waals surface area (Å²) in [5.74, 6) is 1.42. The van der Waals surface area contributed by atoms with E-state index in [4.69, 9.17) is 4.52 Å². The van der Waals surface area contributed by atoms with Crippen molar-refractivity contribution >= 4 is 21.8 Å². The van der Waals surface area contributed by atoms with Crippen molar-refractivity contribution in [2.45, 2.75) is 58.4 Å². The standard InChI is InChI=1S/C18H24BrN3O2/c1-3-6-16-21-18(24-22-16)8-5-7-17(23)20-15(4-2)13-9-11-14(19)12-10-13/h9-12,15H,3-8H2,1-2H3,(H,20,23). The Hall–Kier alpha value is -1.69. The van der Waals surface area contributed by atoms with Gasteiger partial charge in [-0.05, 0) is 37.0 Å². The summed E-state index contributed by atoms with van der Waals surface area (Å²) >= 11 is 3.43. The molecule has 0 saturated carbocycles. The zero-order chi connectivity index (χ0) is 17.4. The highest BCUT2D eigenvalue weighted by molar-refractivity contribution is 9.10. The second-order valence-electron chi connectivity index (χ2n) is 5.79. The third-order valence-electron chi connectivity index (χ3n) is 3.79. The van der Waals surface area contributed by atoms with Gasteiger partial charge in [0.25, 0.3) is 0 Å². The summed E-state index contributed by atoms with van der Waals surface area (Å²) < 4.78 is 6.22. The number of nitrogens with zero attached hydrogens (tertiary/aromatic N) is 2. The molecular formula is C18H24BrN3O2. The van der Waals surface area contributed by atoms with Crippen LogP contribution in [0.5, 0.6) is 0 Å². The van der Waals surface area contributed by atoms with Crippen LogP contribution in [-0.2, 0) is 17.6 Å². The van der Waals surface area contributed by atoms with E-state index in [9.17, 15) is 4.79 Å². The maximum Gasteiger partial charge on any atom is 0.226 e. The van der Waals surface area contributed by atoms with Gasteiger partial charge in [0.05, 0.1) is 6.04 Å². The van der Waals surface area contributed by atoms with Gasteiger partial charge in [0, 0.05) is 23.7 Å². The molecule has 1 N–H and O–H groups in total. The molecule has 2 rings (SSSR count). The Morgan fingerprint density at radius 3 is 2.67 bits per heavy atom. The summed E-state index contributed by atoms with van der Waals surface area (Å²) in [5, 5.41) is 7.01. The SMILES string of the molecule is CCCc1noc(CCCC(=O)NC(CC)c2ccc(Br)cc2)n1. The number of carbonyl (C=O) groups excluding carboxylic acids is 1. The molecular weight excluding hydrogens is 370 g/mol. The van der Waals surface area contributed by atoms with Crippen molar-refractivity contribution in [1.29, 1.82) is 0 Å². The van der Waals surface area contributed by atoms with Crippen molar-refractivity contribution in [2.75, 3.05) is 0 Å². The zero-order valence-corrected chi connectivity index (χ0v) is 15.8. The lowest BCUT2D eigenvalue weighted by Crippen LogP contribution is -2.27. The minimum atomic E-state index is 0.0464. The van der Waals surface area contributed by atoms with E-state index in [-0.39, 0.29) is 11.9 Å². The number of aromatic nitrogens is 2. The lowest BCUT2D eigenvalue weighted by atomic mass is 10.0. The van der Waals surface area contributed by atoms with Crippen LogP contribution >= 0.6 is 15.9 Å². The quantitative estimate of drug-likeness (QED) is 0.686. The molecule has 0 aliphatic rings. The normalized spacial score (nSPS) is 12.1. The molecule has 1 unspecified atom stereocenters. The highest BCUT2D eigenvalue weighted by Gasteiger charge is 2.13. The summed E-state index contributed by atoms with van der Waals surface area (Å²) in [5.41, 5.74) is 1.12. The van der Waals surface area contributed by atoms with Crippen LogP contribution in [-0.4, -0.2) is 16.0 Å². The van der Waals surface area contributed by atoms with E-state index in [1.807, 2.05) is 24.3 Å². The second-order valence-corrected chi connectivity index (χ2v) is 6.70. The number of hydrogen-bond acceptors (Lipinski definition) is 4. The molecule has 0 aliphatic carbocycles. The molecule has 6 heteroatoms. The van der Waals surface area contributed by atoms with Crippen molar-refractivity contribution in [3.05, 3.63) is 46.0 Å². The summed E-state index contributed by atoms with van der Waals surface area (Å²) in [4.78, 5) is 16.5. The highest BCUT2D eigenvalue weighted by Crippen LogP contribution is 2.19. The van der Waals surface area contributed by atoms with Crippen LogP contribution in [0, 0.1) is 0 Å². The van der Waals surface area contributed by atoms with E-state index in [2.05, 4.69) is 45.2 Å². The van der Waals surface area contributed by atoms with Crippen LogP contribution in [0.2, 0.25) is 0 Å². The summed E-state index contributed by atoms with van der Waals surface area (Å²) in [6.45, 7) is 4.15. The fraction of sp³-hybridized carbons (Fsp3) is 0.500. The fourth-order valence-corrected chi connectivity index (χ4v) is 2.76. The zero-order valence-electron chi connectivity index (χ0n) is 14.2. The monoisotopic (exact) mass is 393 g/mol. The Morgan fingerprint density at radius 1 is 1.25 bits per heavy atom. The van der Waals surface area contributed by atoms with Gasteiger partial charge in [0.2, 0.25) is 11.8 Å². The van der Waals surface area contributed by atoms with Crippen LogP contribution in [0.3, 0.4) is 0 Å². The molecule has 1 heterocycles. The predicted octanol–water partition coefficient (Wildman–Crippen LogP) is 4.37. The van der Waals surface area contributed by atoms with Crippen LogP contribution in [0.25, 0.3) is 0 Å². The average molecular weight is 394 g/mol. The molecule has 1 atom stereocenters. The summed E-state index contributed by atoms with van der Waals surface area (Å²) in [6, 6.07) is 8.10. The number of rotatable bonds is 9. The molecule has 130 valence electrons. The molecule has 0 radical (unpaired) electrons. The Bertz CT molecular complexity index is 640. The number of nitrogens with one attached hydrogen (secondary N) is 1. The third kappa shape index (κ3) is 5.74. The van der Waals surface area contributed by atoms with Crippen molar-refractivity contribution in [3.63, 3.8) is 0 Å². The molecule has 0 spiro atoms. The van der Waals surface area contributed by atoms with Gasteiger partial charge in [-0.1, -0.05) is 47.1 Å². The van der Waals surface area contributed by atoms with Crippen LogP contribution < -0.4 is 5.32 Å². The van der Waals surface area contributed by atoms with Gasteiger partial charge in [0.15, 0.2) is 5.82 Å². The topological polar surface area (TPSA) is 68.0 Å². The first kappa shape index (κ1) is 18.6. The summed E-state index contributed by atoms with van der Waals surface area (Å²) in [7, 11) is 0. The van der Waals surface area contributed by atoms with Crippen LogP contribution in [0.1, 0.15) is 62.9 Å². The minimum absolute atomic E-state index is 0.0464. The van der Waals surface area contributed by atoms with Gasteiger partial charge in [-0.15, -0.1) is 0 Å². The van der Waals surface area contributed by atoms with Crippen molar-refractivity contribution in [1.82, 2.24) is 15.5 Å².